The molecule has 0 bridgehead atoms. The lowest BCUT2D eigenvalue weighted by atomic mass is 9.85. The number of nitrogens with two attached hydrogens (primary N) is 1. The maximum Gasteiger partial charge on any atom is 0.153 e. The van der Waals surface area contributed by atoms with Crippen LogP contribution in [0.5, 0.6) is 0 Å². The highest BCUT2D eigenvalue weighted by atomic mass is 15.3. The fraction of sp³-hybridized carbons (Fsp3) is 0.200. The largest absolute Gasteiger partial charge is 0.382 e. The quantitative estimate of drug-likeness (QED) is 0.447. The van der Waals surface area contributed by atoms with E-state index in [9.17, 15) is 0 Å². The smallest absolute Gasteiger partial charge is 0.153 e. The molecule has 0 saturated heterocycles. The van der Waals surface area contributed by atoms with Crippen molar-refractivity contribution < 1.29 is 0 Å². The molecule has 1 fully saturated rings. The summed E-state index contributed by atoms with van der Waals surface area (Å²) in [5, 5.41) is 5.60. The summed E-state index contributed by atoms with van der Waals surface area (Å²) >= 11 is 0. The lowest BCUT2D eigenvalue weighted by Gasteiger charge is -2.23. The molecule has 1 saturated carbocycles. The van der Waals surface area contributed by atoms with Crippen LogP contribution < -0.4 is 5.73 Å². The van der Waals surface area contributed by atoms with Gasteiger partial charge in [0.15, 0.2) is 5.82 Å². The Morgan fingerprint density at radius 3 is 2.58 bits per heavy atom. The van der Waals surface area contributed by atoms with Crippen molar-refractivity contribution in [3.05, 3.63) is 72.3 Å². The number of benzene rings is 2. The van der Waals surface area contributed by atoms with Gasteiger partial charge in [0.05, 0.1) is 11.2 Å². The second-order valence-corrected chi connectivity index (χ2v) is 8.27. The van der Waals surface area contributed by atoms with Crippen LogP contribution in [0.2, 0.25) is 0 Å². The third kappa shape index (κ3) is 2.86. The first kappa shape index (κ1) is 18.0. The second kappa shape index (κ2) is 6.87. The Hall–Kier alpha value is -3.80. The highest BCUT2D eigenvalue weighted by molar-refractivity contribution is 5.92. The summed E-state index contributed by atoms with van der Waals surface area (Å²) in [6.07, 6.45) is 5.02. The standard InChI is InChI=1S/C25H22N6/c1-15-12-20(16-6-3-2-4-7-16)29-21-13-18(10-11-19(15)21)22-23-24(26)27-14-28-31(23)25(30-22)17-8-5-9-17/h2-4,6-7,10-14,17H,5,8-9H2,1H3,(H2,26,27,28). The Balaban J connectivity index is 1.56. The summed E-state index contributed by atoms with van der Waals surface area (Å²) in [5.74, 6) is 1.86. The molecule has 0 unspecified atom stereocenters. The zero-order chi connectivity index (χ0) is 20.9. The van der Waals surface area contributed by atoms with E-state index in [2.05, 4.69) is 53.4 Å². The van der Waals surface area contributed by atoms with E-state index in [0.29, 0.717) is 11.7 Å². The first-order chi connectivity index (χ1) is 15.2. The van der Waals surface area contributed by atoms with Gasteiger partial charge in [0.1, 0.15) is 23.4 Å². The zero-order valence-corrected chi connectivity index (χ0v) is 17.3. The monoisotopic (exact) mass is 406 g/mol. The number of anilines is 1. The predicted octanol–water partition coefficient (Wildman–Crippen LogP) is 5.16. The number of hydrogen-bond donors (Lipinski definition) is 1. The fourth-order valence-corrected chi connectivity index (χ4v) is 4.42. The van der Waals surface area contributed by atoms with Gasteiger partial charge in [-0.2, -0.15) is 5.10 Å². The molecule has 6 nitrogen and oxygen atoms in total. The number of nitrogen functional groups attached to an aromatic ring is 1. The zero-order valence-electron chi connectivity index (χ0n) is 17.3. The molecule has 31 heavy (non-hydrogen) atoms. The van der Waals surface area contributed by atoms with Crippen molar-refractivity contribution in [2.45, 2.75) is 32.1 Å². The number of imidazole rings is 1. The summed E-state index contributed by atoms with van der Waals surface area (Å²) in [5.41, 5.74) is 13.1. The number of fused-ring (bicyclic) bond motifs is 2. The maximum atomic E-state index is 6.28. The molecule has 1 aliphatic carbocycles. The van der Waals surface area contributed by atoms with E-state index >= 15 is 0 Å². The van der Waals surface area contributed by atoms with Gasteiger partial charge < -0.3 is 5.73 Å². The minimum Gasteiger partial charge on any atom is -0.382 e. The highest BCUT2D eigenvalue weighted by Crippen LogP contribution is 2.39. The van der Waals surface area contributed by atoms with Gasteiger partial charge in [-0.15, -0.1) is 0 Å². The van der Waals surface area contributed by atoms with E-state index in [1.807, 2.05) is 22.7 Å². The summed E-state index contributed by atoms with van der Waals surface area (Å²) in [7, 11) is 0. The van der Waals surface area contributed by atoms with Gasteiger partial charge in [-0.05, 0) is 37.5 Å². The van der Waals surface area contributed by atoms with Crippen LogP contribution in [-0.4, -0.2) is 24.6 Å². The van der Waals surface area contributed by atoms with E-state index in [1.54, 1.807) is 0 Å². The summed E-state index contributed by atoms with van der Waals surface area (Å²) in [6.45, 7) is 2.13. The Labute approximate surface area is 179 Å². The van der Waals surface area contributed by atoms with Crippen LogP contribution in [-0.2, 0) is 0 Å². The fourth-order valence-electron chi connectivity index (χ4n) is 4.42. The van der Waals surface area contributed by atoms with Gasteiger partial charge in [-0.25, -0.2) is 19.5 Å². The molecule has 2 aromatic carbocycles. The Bertz CT molecular complexity index is 1430. The molecule has 1 aliphatic rings. The topological polar surface area (TPSA) is 82.0 Å². The normalized spacial score (nSPS) is 14.2. The number of pyridine rings is 1. The minimum atomic E-state index is 0.432. The van der Waals surface area contributed by atoms with Crippen molar-refractivity contribution >= 4 is 22.2 Å². The van der Waals surface area contributed by atoms with Gasteiger partial charge in [0.25, 0.3) is 0 Å². The van der Waals surface area contributed by atoms with E-state index < -0.39 is 0 Å². The molecule has 3 aromatic heterocycles. The van der Waals surface area contributed by atoms with Gasteiger partial charge in [-0.3, -0.25) is 0 Å². The van der Waals surface area contributed by atoms with Gasteiger partial charge in [-0.1, -0.05) is 48.9 Å². The molecule has 0 spiro atoms. The minimum absolute atomic E-state index is 0.432. The number of hydrogen-bond acceptors (Lipinski definition) is 5. The molecule has 6 heteroatoms. The molecule has 5 aromatic rings. The van der Waals surface area contributed by atoms with Crippen LogP contribution in [0.4, 0.5) is 5.82 Å². The Morgan fingerprint density at radius 1 is 0.968 bits per heavy atom. The third-order valence-electron chi connectivity index (χ3n) is 6.32. The van der Waals surface area contributed by atoms with Gasteiger partial charge >= 0.3 is 0 Å². The van der Waals surface area contributed by atoms with Crippen LogP contribution in [0.1, 0.15) is 36.6 Å². The number of aromatic nitrogens is 5. The average molecular weight is 406 g/mol. The first-order valence-corrected chi connectivity index (χ1v) is 10.7. The van der Waals surface area contributed by atoms with E-state index in [1.165, 1.54) is 18.3 Å². The Morgan fingerprint density at radius 2 is 1.81 bits per heavy atom. The maximum absolute atomic E-state index is 6.28. The molecule has 3 heterocycles. The molecular formula is C25H22N6. The molecule has 0 radical (unpaired) electrons. The van der Waals surface area contributed by atoms with Gasteiger partial charge in [0, 0.05) is 22.4 Å². The van der Waals surface area contributed by atoms with E-state index in [-0.39, 0.29) is 0 Å². The van der Waals surface area contributed by atoms with Crippen molar-refractivity contribution in [1.29, 1.82) is 0 Å². The summed E-state index contributed by atoms with van der Waals surface area (Å²) in [4.78, 5) is 14.2. The lowest BCUT2D eigenvalue weighted by Crippen LogP contribution is -2.14. The second-order valence-electron chi connectivity index (χ2n) is 8.27. The van der Waals surface area contributed by atoms with Crippen LogP contribution in [0.25, 0.3) is 38.9 Å². The highest BCUT2D eigenvalue weighted by Gasteiger charge is 2.27. The van der Waals surface area contributed by atoms with Crippen LogP contribution >= 0.6 is 0 Å². The van der Waals surface area contributed by atoms with Crippen molar-refractivity contribution in [2.24, 2.45) is 0 Å². The molecule has 6 rings (SSSR count). The molecule has 152 valence electrons. The first-order valence-electron chi connectivity index (χ1n) is 10.7. The summed E-state index contributed by atoms with van der Waals surface area (Å²) < 4.78 is 1.88. The van der Waals surface area contributed by atoms with Crippen molar-refractivity contribution in [3.63, 3.8) is 0 Å². The number of nitrogens with zero attached hydrogens (tertiary/aromatic N) is 5. The molecule has 0 atom stereocenters. The number of aryl methyl sites for hydroxylation is 1. The van der Waals surface area contributed by atoms with Crippen molar-refractivity contribution in [2.75, 3.05) is 5.73 Å². The van der Waals surface area contributed by atoms with Crippen LogP contribution in [0.3, 0.4) is 0 Å². The SMILES string of the molecule is Cc1cc(-c2ccccc2)nc2cc(-c3nc(C4CCC4)n4ncnc(N)c34)ccc12. The lowest BCUT2D eigenvalue weighted by molar-refractivity contribution is 0.396. The molecule has 2 N–H and O–H groups in total. The average Bonchev–Trinajstić information content (AvgIpc) is 3.13. The van der Waals surface area contributed by atoms with Crippen LogP contribution in [0, 0.1) is 6.92 Å². The Kier molecular flexibility index (Phi) is 3.99. The molecule has 0 amide bonds. The molecule has 0 aliphatic heterocycles. The van der Waals surface area contributed by atoms with Crippen molar-refractivity contribution in [1.82, 2.24) is 24.6 Å². The molecular weight excluding hydrogens is 384 g/mol. The van der Waals surface area contributed by atoms with Crippen molar-refractivity contribution in [3.8, 4) is 22.5 Å². The van der Waals surface area contributed by atoms with Crippen LogP contribution in [0.15, 0.2) is 60.9 Å². The summed E-state index contributed by atoms with van der Waals surface area (Å²) in [6, 6.07) is 18.7. The third-order valence-corrected chi connectivity index (χ3v) is 6.32. The van der Waals surface area contributed by atoms with Gasteiger partial charge in [0.2, 0.25) is 0 Å². The van der Waals surface area contributed by atoms with E-state index in [0.717, 1.165) is 57.6 Å². The predicted molar refractivity (Wildman–Crippen MR) is 123 cm³/mol. The number of rotatable bonds is 3. The van der Waals surface area contributed by atoms with E-state index in [4.69, 9.17) is 15.7 Å².